The molecule has 0 aromatic carbocycles. The number of anilines is 2. The first-order valence-corrected chi connectivity index (χ1v) is 9.01. The van der Waals surface area contributed by atoms with Gasteiger partial charge in [-0.2, -0.15) is 0 Å². The van der Waals surface area contributed by atoms with E-state index in [1.807, 2.05) is 38.1 Å². The Labute approximate surface area is 158 Å². The molecule has 0 atom stereocenters. The van der Waals surface area contributed by atoms with E-state index in [-0.39, 0.29) is 5.56 Å². The second-order valence-electron chi connectivity index (χ2n) is 6.45. The predicted octanol–water partition coefficient (Wildman–Crippen LogP) is 2.68. The number of nitrogens with zero attached hydrogens (tertiary/aromatic N) is 3. The minimum atomic E-state index is -0.129. The molecule has 0 bridgehead atoms. The summed E-state index contributed by atoms with van der Waals surface area (Å²) in [6.07, 6.45) is 6.57. The van der Waals surface area contributed by atoms with E-state index in [1.54, 1.807) is 18.6 Å². The molecule has 0 saturated carbocycles. The fraction of sp³-hybridized carbons (Fsp3) is 0.300. The smallest absolute Gasteiger partial charge is 0.255 e. The van der Waals surface area contributed by atoms with Crippen molar-refractivity contribution < 1.29 is 0 Å². The van der Waals surface area contributed by atoms with E-state index in [0.717, 1.165) is 35.6 Å². The third-order valence-corrected chi connectivity index (χ3v) is 4.19. The molecule has 3 aromatic rings. The van der Waals surface area contributed by atoms with Crippen molar-refractivity contribution in [2.24, 2.45) is 0 Å². The Hall–Kier alpha value is -3.22. The molecule has 0 aliphatic carbocycles. The summed E-state index contributed by atoms with van der Waals surface area (Å²) in [5, 5.41) is 6.45. The van der Waals surface area contributed by atoms with Gasteiger partial charge in [0.25, 0.3) is 5.56 Å². The number of aryl methyl sites for hydroxylation is 2. The van der Waals surface area contributed by atoms with Gasteiger partial charge in [0, 0.05) is 49.4 Å². The average molecular weight is 364 g/mol. The van der Waals surface area contributed by atoms with Crippen LogP contribution in [0.3, 0.4) is 0 Å². The molecule has 0 spiro atoms. The first-order chi connectivity index (χ1) is 13.1. The van der Waals surface area contributed by atoms with Gasteiger partial charge in [0.2, 0.25) is 5.95 Å². The molecule has 0 radical (unpaired) electrons. The highest BCUT2D eigenvalue weighted by molar-refractivity contribution is 5.42. The molecular weight excluding hydrogens is 340 g/mol. The molecule has 0 unspecified atom stereocenters. The van der Waals surface area contributed by atoms with Gasteiger partial charge in [-0.25, -0.2) is 9.97 Å². The first kappa shape index (κ1) is 18.6. The van der Waals surface area contributed by atoms with Crippen LogP contribution in [0.25, 0.3) is 0 Å². The van der Waals surface area contributed by atoms with Crippen molar-refractivity contribution >= 4 is 11.8 Å². The van der Waals surface area contributed by atoms with Gasteiger partial charge in [0.1, 0.15) is 5.82 Å². The van der Waals surface area contributed by atoms with Crippen molar-refractivity contribution in [3.63, 3.8) is 0 Å². The summed E-state index contributed by atoms with van der Waals surface area (Å²) < 4.78 is 0. The molecule has 0 fully saturated rings. The summed E-state index contributed by atoms with van der Waals surface area (Å²) in [6, 6.07) is 7.86. The van der Waals surface area contributed by atoms with Crippen molar-refractivity contribution in [3.8, 4) is 0 Å². The maximum atomic E-state index is 12.2. The number of rotatable bonds is 8. The van der Waals surface area contributed by atoms with Crippen LogP contribution >= 0.6 is 0 Å². The van der Waals surface area contributed by atoms with Crippen molar-refractivity contribution in [2.75, 3.05) is 23.7 Å². The molecule has 7 heteroatoms. The molecule has 140 valence electrons. The largest absolute Gasteiger partial charge is 0.370 e. The zero-order valence-corrected chi connectivity index (χ0v) is 15.6. The lowest BCUT2D eigenvalue weighted by molar-refractivity contribution is 0.883. The van der Waals surface area contributed by atoms with Crippen molar-refractivity contribution in [1.29, 1.82) is 0 Å². The fourth-order valence-electron chi connectivity index (χ4n) is 2.63. The zero-order valence-electron chi connectivity index (χ0n) is 15.6. The second-order valence-corrected chi connectivity index (χ2v) is 6.45. The molecule has 0 saturated heterocycles. The zero-order chi connectivity index (χ0) is 19.1. The maximum Gasteiger partial charge on any atom is 0.255 e. The van der Waals surface area contributed by atoms with Gasteiger partial charge < -0.3 is 10.6 Å². The van der Waals surface area contributed by atoms with Gasteiger partial charge in [-0.1, -0.05) is 12.1 Å². The molecule has 7 nitrogen and oxygen atoms in total. The van der Waals surface area contributed by atoms with E-state index in [0.29, 0.717) is 24.5 Å². The highest BCUT2D eigenvalue weighted by Crippen LogP contribution is 2.09. The van der Waals surface area contributed by atoms with E-state index in [2.05, 4.69) is 30.6 Å². The molecule has 0 aliphatic heterocycles. The monoisotopic (exact) mass is 364 g/mol. The third-order valence-electron chi connectivity index (χ3n) is 4.19. The summed E-state index contributed by atoms with van der Waals surface area (Å²) in [5.41, 5.74) is 3.56. The lowest BCUT2D eigenvalue weighted by Gasteiger charge is -2.09. The van der Waals surface area contributed by atoms with Gasteiger partial charge in [0.05, 0.1) is 0 Å². The van der Waals surface area contributed by atoms with Crippen LogP contribution in [-0.2, 0) is 6.42 Å². The number of aromatic nitrogens is 4. The molecule has 0 aliphatic rings. The van der Waals surface area contributed by atoms with Gasteiger partial charge >= 0.3 is 0 Å². The number of hydrogen-bond acceptors (Lipinski definition) is 6. The minimum absolute atomic E-state index is 0.129. The summed E-state index contributed by atoms with van der Waals surface area (Å²) in [7, 11) is 0. The number of pyridine rings is 2. The maximum absolute atomic E-state index is 12.2. The van der Waals surface area contributed by atoms with Gasteiger partial charge in [-0.15, -0.1) is 0 Å². The topological polar surface area (TPSA) is 95.6 Å². The Morgan fingerprint density at radius 1 is 1.00 bits per heavy atom. The summed E-state index contributed by atoms with van der Waals surface area (Å²) in [5.74, 6) is 1.39. The lowest BCUT2D eigenvalue weighted by atomic mass is 10.1. The van der Waals surface area contributed by atoms with Gasteiger partial charge in [-0.05, 0) is 43.5 Å². The van der Waals surface area contributed by atoms with Crippen LogP contribution in [0.15, 0.2) is 47.7 Å². The van der Waals surface area contributed by atoms with Crippen molar-refractivity contribution in [3.05, 3.63) is 75.6 Å². The van der Waals surface area contributed by atoms with Gasteiger partial charge in [-0.3, -0.25) is 14.8 Å². The van der Waals surface area contributed by atoms with E-state index in [1.165, 1.54) is 0 Å². The number of H-pyrrole nitrogens is 1. The summed E-state index contributed by atoms with van der Waals surface area (Å²) >= 11 is 0. The Kier molecular flexibility index (Phi) is 6.14. The average Bonchev–Trinajstić information content (AvgIpc) is 2.67. The molecule has 0 amide bonds. The number of hydrogen-bond donors (Lipinski definition) is 3. The highest BCUT2D eigenvalue weighted by Gasteiger charge is 2.04. The van der Waals surface area contributed by atoms with Crippen LogP contribution < -0.4 is 16.2 Å². The van der Waals surface area contributed by atoms with Crippen molar-refractivity contribution in [2.45, 2.75) is 26.7 Å². The Morgan fingerprint density at radius 3 is 2.59 bits per heavy atom. The van der Waals surface area contributed by atoms with E-state index >= 15 is 0 Å². The second kappa shape index (κ2) is 8.93. The van der Waals surface area contributed by atoms with Crippen LogP contribution in [0.4, 0.5) is 11.8 Å². The van der Waals surface area contributed by atoms with Crippen LogP contribution in [0.1, 0.15) is 28.8 Å². The standard InChI is InChI=1S/C20H24N6O/c1-14-5-3-8-21-18(14)22-9-4-10-23-20-25-13-17(19(27)26-20)11-16-7-6-15(2)24-12-16/h3,5-8,12-13H,4,9-11H2,1-2H3,(H,21,22)(H2,23,25,26,27). The van der Waals surface area contributed by atoms with Crippen LogP contribution in [0.5, 0.6) is 0 Å². The SMILES string of the molecule is Cc1ccc(Cc2cnc(NCCCNc3ncccc3C)[nH]c2=O)cn1. The number of nitrogens with one attached hydrogen (secondary N) is 3. The highest BCUT2D eigenvalue weighted by atomic mass is 16.1. The minimum Gasteiger partial charge on any atom is -0.370 e. The summed E-state index contributed by atoms with van der Waals surface area (Å²) in [4.78, 5) is 27.9. The molecule has 27 heavy (non-hydrogen) atoms. The van der Waals surface area contributed by atoms with E-state index in [4.69, 9.17) is 0 Å². The fourth-order valence-corrected chi connectivity index (χ4v) is 2.63. The van der Waals surface area contributed by atoms with E-state index < -0.39 is 0 Å². The summed E-state index contributed by atoms with van der Waals surface area (Å²) in [6.45, 7) is 5.44. The van der Waals surface area contributed by atoms with Crippen LogP contribution in [-0.4, -0.2) is 33.0 Å². The number of aromatic amines is 1. The van der Waals surface area contributed by atoms with Gasteiger partial charge in [0.15, 0.2) is 0 Å². The first-order valence-electron chi connectivity index (χ1n) is 9.01. The molecule has 3 heterocycles. The van der Waals surface area contributed by atoms with Crippen LogP contribution in [0.2, 0.25) is 0 Å². The van der Waals surface area contributed by atoms with E-state index in [9.17, 15) is 4.79 Å². The van der Waals surface area contributed by atoms with Crippen molar-refractivity contribution in [1.82, 2.24) is 19.9 Å². The quantitative estimate of drug-likeness (QED) is 0.532. The van der Waals surface area contributed by atoms with Crippen LogP contribution in [0, 0.1) is 13.8 Å². The predicted molar refractivity (Wildman–Crippen MR) is 107 cm³/mol. The molecule has 3 rings (SSSR count). The molecular formula is C20H24N6O. The molecule has 3 aromatic heterocycles. The Balaban J connectivity index is 1.47. The Morgan fingerprint density at radius 2 is 1.85 bits per heavy atom. The third kappa shape index (κ3) is 5.37. The normalized spacial score (nSPS) is 10.6. The Bertz CT molecular complexity index is 936. The lowest BCUT2D eigenvalue weighted by Crippen LogP contribution is -2.18. The molecule has 3 N–H and O–H groups in total.